The van der Waals surface area contributed by atoms with E-state index in [-0.39, 0.29) is 24.3 Å². The van der Waals surface area contributed by atoms with Gasteiger partial charge in [-0.1, -0.05) is 0 Å². The van der Waals surface area contributed by atoms with Crippen molar-refractivity contribution in [2.45, 2.75) is 36.8 Å². The summed E-state index contributed by atoms with van der Waals surface area (Å²) >= 11 is 0. The van der Waals surface area contributed by atoms with Gasteiger partial charge in [-0.2, -0.15) is 0 Å². The second-order valence-corrected chi connectivity index (χ2v) is 4.11. The van der Waals surface area contributed by atoms with Crippen molar-refractivity contribution in [1.29, 1.82) is 0 Å². The average molecular weight is 200 g/mol. The van der Waals surface area contributed by atoms with E-state index < -0.39 is 5.60 Å². The fourth-order valence-electron chi connectivity index (χ4n) is 2.66. The van der Waals surface area contributed by atoms with E-state index in [4.69, 9.17) is 18.9 Å². The van der Waals surface area contributed by atoms with Crippen molar-refractivity contribution in [3.63, 3.8) is 0 Å². The first-order valence-electron chi connectivity index (χ1n) is 5.00. The lowest BCUT2D eigenvalue weighted by Gasteiger charge is -2.34. The summed E-state index contributed by atoms with van der Waals surface area (Å²) in [5.41, 5.74) is -0.409. The minimum atomic E-state index is -0.409. The minimum Gasteiger partial charge on any atom is -0.381 e. The number of hydrogen-bond donors (Lipinski definition) is 0. The van der Waals surface area contributed by atoms with Crippen LogP contribution in [0.3, 0.4) is 0 Å². The Kier molecular flexibility index (Phi) is 2.60. The summed E-state index contributed by atoms with van der Waals surface area (Å²) in [7, 11) is 5.39. The summed E-state index contributed by atoms with van der Waals surface area (Å²) < 4.78 is 22.4. The van der Waals surface area contributed by atoms with Gasteiger partial charge in [-0.25, -0.2) is 0 Å². The Bertz CT molecular complexity index is 225. The van der Waals surface area contributed by atoms with Crippen molar-refractivity contribution in [1.82, 2.24) is 0 Å². The maximum absolute atomic E-state index is 5.93. The van der Waals surface area contributed by atoms with E-state index in [9.17, 15) is 0 Å². The summed E-state index contributed by atoms with van der Waals surface area (Å²) in [6.45, 7) is 2.53. The molecule has 5 heteroatoms. The number of fused-ring (bicyclic) bond motifs is 2. The highest BCUT2D eigenvalue weighted by atomic mass is 16.7. The SMILES string of the molecule is B[C@@H]1O[C@@]2(COC)C(C)OC1[C@H]2OC. The van der Waals surface area contributed by atoms with Crippen molar-refractivity contribution in [2.24, 2.45) is 0 Å². The normalized spacial score (nSPS) is 51.4. The van der Waals surface area contributed by atoms with E-state index in [1.807, 2.05) is 14.8 Å². The predicted octanol–water partition coefficient (Wildman–Crippen LogP) is -0.837. The van der Waals surface area contributed by atoms with Crippen LogP contribution in [0, 0.1) is 0 Å². The van der Waals surface area contributed by atoms with Gasteiger partial charge in [-0.3, -0.25) is 0 Å². The quantitative estimate of drug-likeness (QED) is 0.557. The Hall–Kier alpha value is -0.0951. The van der Waals surface area contributed by atoms with Gasteiger partial charge in [0.1, 0.15) is 25.7 Å². The second kappa shape index (κ2) is 3.49. The smallest absolute Gasteiger partial charge is 0.145 e. The molecule has 0 radical (unpaired) electrons. The summed E-state index contributed by atoms with van der Waals surface area (Å²) in [6.07, 6.45) is 0.0752. The Balaban J connectivity index is 2.25. The van der Waals surface area contributed by atoms with Crippen LogP contribution in [-0.2, 0) is 18.9 Å². The average Bonchev–Trinajstić information content (AvgIpc) is 2.54. The van der Waals surface area contributed by atoms with Gasteiger partial charge in [-0.15, -0.1) is 0 Å². The highest BCUT2D eigenvalue weighted by molar-refractivity contribution is 6.11. The molecule has 5 atom stereocenters. The van der Waals surface area contributed by atoms with E-state index in [1.54, 1.807) is 14.2 Å². The Morgan fingerprint density at radius 3 is 2.71 bits per heavy atom. The van der Waals surface area contributed by atoms with Crippen LogP contribution in [0.2, 0.25) is 0 Å². The van der Waals surface area contributed by atoms with Gasteiger partial charge in [0.2, 0.25) is 0 Å². The van der Waals surface area contributed by atoms with Gasteiger partial charge in [0, 0.05) is 14.2 Å². The molecule has 0 aliphatic carbocycles. The monoisotopic (exact) mass is 200 g/mol. The Morgan fingerprint density at radius 1 is 1.43 bits per heavy atom. The zero-order chi connectivity index (χ0) is 10.3. The van der Waals surface area contributed by atoms with Crippen LogP contribution in [0.4, 0.5) is 0 Å². The van der Waals surface area contributed by atoms with Crippen LogP contribution in [0.25, 0.3) is 0 Å². The molecule has 2 unspecified atom stereocenters. The summed E-state index contributed by atoms with van der Waals surface area (Å²) in [4.78, 5) is 0. The van der Waals surface area contributed by atoms with Crippen molar-refractivity contribution in [3.8, 4) is 0 Å². The Morgan fingerprint density at radius 2 is 2.14 bits per heavy atom. The third-order valence-corrected chi connectivity index (χ3v) is 3.32. The molecule has 2 aliphatic rings. The number of rotatable bonds is 3. The van der Waals surface area contributed by atoms with Crippen molar-refractivity contribution >= 4 is 7.85 Å². The van der Waals surface area contributed by atoms with Gasteiger partial charge in [0.05, 0.1) is 18.7 Å². The van der Waals surface area contributed by atoms with E-state index in [0.29, 0.717) is 6.61 Å². The van der Waals surface area contributed by atoms with Gasteiger partial charge >= 0.3 is 0 Å². The number of ether oxygens (including phenoxy) is 4. The molecule has 14 heavy (non-hydrogen) atoms. The number of methoxy groups -OCH3 is 2. The lowest BCUT2D eigenvalue weighted by atomic mass is 9.90. The molecule has 2 fully saturated rings. The largest absolute Gasteiger partial charge is 0.381 e. The molecular formula is C9H17BO4. The molecular weight excluding hydrogens is 183 g/mol. The fourth-order valence-corrected chi connectivity index (χ4v) is 2.66. The predicted molar refractivity (Wildman–Crippen MR) is 53.2 cm³/mol. The zero-order valence-corrected chi connectivity index (χ0v) is 9.15. The van der Waals surface area contributed by atoms with Gasteiger partial charge < -0.3 is 18.9 Å². The van der Waals surface area contributed by atoms with Gasteiger partial charge in [0.15, 0.2) is 0 Å². The summed E-state index contributed by atoms with van der Waals surface area (Å²) in [5.74, 6) is 0. The van der Waals surface area contributed by atoms with E-state index in [1.165, 1.54) is 0 Å². The van der Waals surface area contributed by atoms with Crippen LogP contribution in [-0.4, -0.2) is 58.6 Å². The van der Waals surface area contributed by atoms with E-state index in [0.717, 1.165) is 0 Å². The van der Waals surface area contributed by atoms with Gasteiger partial charge in [-0.05, 0) is 6.92 Å². The molecule has 0 aromatic rings. The summed E-state index contributed by atoms with van der Waals surface area (Å²) in [5, 5.41) is 0. The molecule has 4 nitrogen and oxygen atoms in total. The van der Waals surface area contributed by atoms with Crippen molar-refractivity contribution in [3.05, 3.63) is 0 Å². The third kappa shape index (κ3) is 1.16. The van der Waals surface area contributed by atoms with Crippen LogP contribution in [0.1, 0.15) is 6.92 Å². The molecule has 0 aromatic heterocycles. The third-order valence-electron chi connectivity index (χ3n) is 3.32. The zero-order valence-electron chi connectivity index (χ0n) is 9.15. The molecule has 0 aromatic carbocycles. The molecule has 2 bridgehead atoms. The molecule has 2 rings (SSSR count). The molecule has 0 N–H and O–H groups in total. The van der Waals surface area contributed by atoms with E-state index >= 15 is 0 Å². The fraction of sp³-hybridized carbons (Fsp3) is 1.00. The first kappa shape index (κ1) is 10.4. The Labute approximate surface area is 85.3 Å². The highest BCUT2D eigenvalue weighted by Gasteiger charge is 2.64. The molecule has 0 amide bonds. The molecule has 2 saturated heterocycles. The van der Waals surface area contributed by atoms with E-state index in [2.05, 4.69) is 0 Å². The van der Waals surface area contributed by atoms with Gasteiger partial charge in [0.25, 0.3) is 0 Å². The van der Waals surface area contributed by atoms with Crippen LogP contribution in [0.5, 0.6) is 0 Å². The lowest BCUT2D eigenvalue weighted by Crippen LogP contribution is -2.50. The van der Waals surface area contributed by atoms with Crippen LogP contribution >= 0.6 is 0 Å². The standard InChI is InChI=1S/C9H17BO4/c1-5-9(4-11-2)7(12-3)6(13-5)8(10)14-9/h5-8H,4,10H2,1-3H3/t5?,6?,7-,8-,9+/m1/s1. The maximum Gasteiger partial charge on any atom is 0.145 e. The minimum absolute atomic E-state index is 0.00699. The molecule has 0 saturated carbocycles. The van der Waals surface area contributed by atoms with Crippen LogP contribution in [0.15, 0.2) is 0 Å². The maximum atomic E-state index is 5.93. The molecule has 0 spiro atoms. The van der Waals surface area contributed by atoms with Crippen LogP contribution < -0.4 is 0 Å². The molecule has 2 aliphatic heterocycles. The first-order chi connectivity index (χ1) is 6.65. The number of hydrogen-bond acceptors (Lipinski definition) is 4. The summed E-state index contributed by atoms with van der Waals surface area (Å²) in [6, 6.07) is 0.0892. The van der Waals surface area contributed by atoms with Crippen molar-refractivity contribution in [2.75, 3.05) is 20.8 Å². The molecule has 2 heterocycles. The van der Waals surface area contributed by atoms with Crippen molar-refractivity contribution < 1.29 is 18.9 Å². The highest BCUT2D eigenvalue weighted by Crippen LogP contribution is 2.44. The second-order valence-electron chi connectivity index (χ2n) is 4.11. The molecule has 80 valence electrons. The first-order valence-corrected chi connectivity index (χ1v) is 5.00. The topological polar surface area (TPSA) is 36.9 Å². The lowest BCUT2D eigenvalue weighted by molar-refractivity contribution is -0.178.